The van der Waals surface area contributed by atoms with Gasteiger partial charge < -0.3 is 43.5 Å². The number of morpholine rings is 2. The van der Waals surface area contributed by atoms with Gasteiger partial charge in [-0.05, 0) is 144 Å². The number of nitrogens with one attached hydrogen (secondary N) is 1. The minimum absolute atomic E-state index is 0.0284. The van der Waals surface area contributed by atoms with E-state index in [1.54, 1.807) is 28.0 Å². The van der Waals surface area contributed by atoms with Crippen LogP contribution in [-0.2, 0) is 28.5 Å². The summed E-state index contributed by atoms with van der Waals surface area (Å²) in [6.07, 6.45) is 0. The Morgan fingerprint density at radius 3 is 1.44 bits per heavy atom. The standard InChI is InChI=1S/C31H26Cl2N2O6S.C24H24N2O5S.C7H3Cl3O/c1-39-31(38)29-26(18-27(42-29)20-7-10-23(11-8-20)41-22-5-3-2-4-6-22)35(19-28(36)34-13-15-40-16-14-34)30(37)24-12-9-21(32)17-25(24)33;1-29-24(28)23-20(25-16-22(27)26-11-13-30-14-12-26)15-21(32-23)17-7-9-19(10-8-17)31-18-5-3-2-4-6-18;8-4-1-2-5(7(10)11)6(9)3-4/h2-12,17-18H,13-16,19H2,1H3;2-10,15,25H,11-14,16H2,1H3;1-3H. The number of hydrogen-bond donors (Lipinski definition) is 1. The number of thiophene rings is 2. The average Bonchev–Trinajstić information content (AvgIpc) is 3.37. The number of para-hydroxylation sites is 2. The first-order chi connectivity index (χ1) is 41.1. The highest BCUT2D eigenvalue weighted by Crippen LogP contribution is 2.40. The number of methoxy groups -OCH3 is 2. The zero-order valence-corrected chi connectivity index (χ0v) is 50.9. The first-order valence-corrected chi connectivity index (χ1v) is 29.6. The predicted octanol–water partition coefficient (Wildman–Crippen LogP) is 14.4. The van der Waals surface area contributed by atoms with Gasteiger partial charge in [0.05, 0.1) is 79.7 Å². The Morgan fingerprint density at radius 2 is 0.965 bits per heavy atom. The molecule has 0 aliphatic carbocycles. The van der Waals surface area contributed by atoms with Gasteiger partial charge in [0.25, 0.3) is 11.1 Å². The lowest BCUT2D eigenvalue weighted by molar-refractivity contribution is -0.134. The monoisotopic (exact) mass is 1280 g/mol. The lowest BCUT2D eigenvalue weighted by atomic mass is 10.1. The van der Waals surface area contributed by atoms with E-state index in [-0.39, 0.29) is 56.6 Å². The third-order valence-electron chi connectivity index (χ3n) is 12.7. The minimum atomic E-state index is -0.635. The van der Waals surface area contributed by atoms with E-state index in [2.05, 4.69) is 5.32 Å². The Bertz CT molecular complexity index is 3620. The molecule has 2 aromatic heterocycles. The van der Waals surface area contributed by atoms with Crippen LogP contribution in [0.1, 0.15) is 40.1 Å². The van der Waals surface area contributed by atoms with Crippen LogP contribution >= 0.6 is 80.7 Å². The molecule has 0 bridgehead atoms. The Morgan fingerprint density at radius 1 is 0.529 bits per heavy atom. The highest BCUT2D eigenvalue weighted by Gasteiger charge is 2.32. The topological polar surface area (TPSA) is 180 Å². The van der Waals surface area contributed by atoms with Crippen LogP contribution in [0.15, 0.2) is 158 Å². The Balaban J connectivity index is 0.000000192. The summed E-state index contributed by atoms with van der Waals surface area (Å²) in [6.45, 7) is 3.65. The third kappa shape index (κ3) is 17.6. The Kier molecular flexibility index (Phi) is 23.2. The number of halogens is 5. The Hall–Kier alpha value is -7.49. The second kappa shape index (κ2) is 31.1. The van der Waals surface area contributed by atoms with E-state index in [0.717, 1.165) is 38.8 Å². The number of esters is 2. The van der Waals surface area contributed by atoms with Crippen molar-refractivity contribution in [3.63, 3.8) is 0 Å². The van der Waals surface area contributed by atoms with Crippen LogP contribution in [0.3, 0.4) is 0 Å². The van der Waals surface area contributed by atoms with Gasteiger partial charge in [0, 0.05) is 46.0 Å². The van der Waals surface area contributed by atoms with Gasteiger partial charge in [-0.15, -0.1) is 22.7 Å². The summed E-state index contributed by atoms with van der Waals surface area (Å²) in [5, 5.41) is 3.78. The van der Waals surface area contributed by atoms with Crippen LogP contribution in [-0.4, -0.2) is 125 Å². The molecular formula is C62H53Cl5N4O12S2. The van der Waals surface area contributed by atoms with E-state index < -0.39 is 23.1 Å². The molecule has 23 heteroatoms. The highest BCUT2D eigenvalue weighted by atomic mass is 35.5. The van der Waals surface area contributed by atoms with Gasteiger partial charge in [-0.1, -0.05) is 82.8 Å². The number of ether oxygens (including phenoxy) is 6. The summed E-state index contributed by atoms with van der Waals surface area (Å²) in [5.74, 6) is 0.883. The third-order valence-corrected chi connectivity index (χ3v) is 16.3. The Labute approximate surface area is 523 Å². The van der Waals surface area contributed by atoms with E-state index in [1.807, 2.05) is 115 Å². The summed E-state index contributed by atoms with van der Waals surface area (Å²) in [4.78, 5) is 82.5. The van der Waals surface area contributed by atoms with E-state index in [0.29, 0.717) is 89.6 Å². The number of rotatable bonds is 16. The molecule has 0 atom stereocenters. The summed E-state index contributed by atoms with van der Waals surface area (Å²) >= 11 is 31.4. The van der Waals surface area contributed by atoms with Crippen LogP contribution in [0.2, 0.25) is 20.1 Å². The number of hydrogen-bond acceptors (Lipinski definition) is 15. The van der Waals surface area contributed by atoms with Crippen molar-refractivity contribution in [2.24, 2.45) is 0 Å². The van der Waals surface area contributed by atoms with Crippen molar-refractivity contribution in [2.45, 2.75) is 0 Å². The van der Waals surface area contributed by atoms with Gasteiger partial charge in [-0.25, -0.2) is 9.59 Å². The molecule has 6 aromatic carbocycles. The molecule has 1 N–H and O–H groups in total. The largest absolute Gasteiger partial charge is 0.465 e. The first-order valence-electron chi connectivity index (χ1n) is 26.1. The first kappa shape index (κ1) is 63.5. The maximum Gasteiger partial charge on any atom is 0.350 e. The van der Waals surface area contributed by atoms with Crippen LogP contribution in [0, 0.1) is 0 Å². The molecule has 4 heterocycles. The van der Waals surface area contributed by atoms with Gasteiger partial charge in [0.15, 0.2) is 0 Å². The van der Waals surface area contributed by atoms with Crippen molar-refractivity contribution in [3.8, 4) is 43.9 Å². The van der Waals surface area contributed by atoms with Crippen molar-refractivity contribution in [2.75, 3.05) is 90.1 Å². The van der Waals surface area contributed by atoms with Gasteiger partial charge in [0.2, 0.25) is 11.8 Å². The van der Waals surface area contributed by atoms with Crippen LogP contribution in [0.5, 0.6) is 23.0 Å². The number of anilines is 2. The summed E-state index contributed by atoms with van der Waals surface area (Å²) in [5.41, 5.74) is 2.97. The van der Waals surface area contributed by atoms with Crippen LogP contribution in [0.4, 0.5) is 11.4 Å². The molecule has 0 spiro atoms. The molecule has 0 radical (unpaired) electrons. The second-order valence-electron chi connectivity index (χ2n) is 18.3. The van der Waals surface area contributed by atoms with Crippen LogP contribution in [0.25, 0.3) is 20.9 Å². The molecule has 8 aromatic rings. The fourth-order valence-electron chi connectivity index (χ4n) is 8.36. The number of carbonyl (C=O) groups is 6. The molecule has 10 rings (SSSR count). The van der Waals surface area contributed by atoms with E-state index in [4.69, 9.17) is 86.4 Å². The van der Waals surface area contributed by atoms with Crippen molar-refractivity contribution in [3.05, 3.63) is 199 Å². The van der Waals surface area contributed by atoms with E-state index >= 15 is 0 Å². The number of benzene rings is 6. The van der Waals surface area contributed by atoms with Gasteiger partial charge in [-0.2, -0.15) is 0 Å². The molecule has 2 fully saturated rings. The number of nitrogens with zero attached hydrogens (tertiary/aromatic N) is 3. The molecular weight excluding hydrogens is 1230 g/mol. The number of amides is 3. The molecule has 0 saturated carbocycles. The lowest BCUT2D eigenvalue weighted by Crippen LogP contribution is -2.47. The molecule has 440 valence electrons. The van der Waals surface area contributed by atoms with Gasteiger partial charge >= 0.3 is 11.9 Å². The van der Waals surface area contributed by atoms with Gasteiger partial charge in [0.1, 0.15) is 39.3 Å². The molecule has 85 heavy (non-hydrogen) atoms. The van der Waals surface area contributed by atoms with E-state index in [9.17, 15) is 28.8 Å². The van der Waals surface area contributed by atoms with Crippen molar-refractivity contribution >= 4 is 127 Å². The smallest absolute Gasteiger partial charge is 0.350 e. The molecule has 2 aliphatic rings. The SMILES string of the molecule is COC(=O)c1sc(-c2ccc(Oc3ccccc3)cc2)cc1N(CC(=O)N1CCOCC1)C(=O)c1ccc(Cl)cc1Cl.COC(=O)c1sc(-c2ccc(Oc3ccccc3)cc2)cc1NCC(=O)N1CCOCC1.O=C(Cl)c1ccc(Cl)cc1Cl. The lowest BCUT2D eigenvalue weighted by Gasteiger charge is -2.30. The molecule has 2 aliphatic heterocycles. The van der Waals surface area contributed by atoms with Crippen molar-refractivity contribution < 1.29 is 57.2 Å². The maximum atomic E-state index is 14.0. The molecule has 3 amide bonds. The average molecular weight is 1290 g/mol. The summed E-state index contributed by atoms with van der Waals surface area (Å²) in [7, 11) is 2.61. The van der Waals surface area contributed by atoms with Crippen molar-refractivity contribution in [1.82, 2.24) is 9.80 Å². The molecule has 16 nitrogen and oxygen atoms in total. The predicted molar refractivity (Wildman–Crippen MR) is 333 cm³/mol. The molecule has 0 unspecified atom stereocenters. The quantitative estimate of drug-likeness (QED) is 0.0714. The fourth-order valence-corrected chi connectivity index (χ4v) is 11.7. The summed E-state index contributed by atoms with van der Waals surface area (Å²) in [6, 6.07) is 46.6. The zero-order valence-electron chi connectivity index (χ0n) is 45.5. The number of carbonyl (C=O) groups excluding carboxylic acids is 6. The zero-order chi connectivity index (χ0) is 60.4. The van der Waals surface area contributed by atoms with Crippen molar-refractivity contribution in [1.29, 1.82) is 0 Å². The maximum absolute atomic E-state index is 14.0. The highest BCUT2D eigenvalue weighted by molar-refractivity contribution is 7.18. The fraction of sp³-hybridized carbons (Fsp3) is 0.194. The minimum Gasteiger partial charge on any atom is -0.465 e. The van der Waals surface area contributed by atoms with Crippen LogP contribution < -0.4 is 19.7 Å². The van der Waals surface area contributed by atoms with Gasteiger partial charge in [-0.3, -0.25) is 24.1 Å². The summed E-state index contributed by atoms with van der Waals surface area (Å²) < 4.78 is 32.4. The van der Waals surface area contributed by atoms with E-state index in [1.165, 1.54) is 54.7 Å². The normalized spacial score (nSPS) is 12.7. The second-order valence-corrected chi connectivity index (χ2v) is 22.4. The molecule has 2 saturated heterocycles.